The molecule has 3 aliphatic rings. The quantitative estimate of drug-likeness (QED) is 0.537. The van der Waals surface area contributed by atoms with Crippen LogP contribution in [0.25, 0.3) is 0 Å². The largest absolute Gasteiger partial charge is 0.493 e. The fourth-order valence-corrected chi connectivity index (χ4v) is 5.51. The minimum Gasteiger partial charge on any atom is -0.493 e. The van der Waals surface area contributed by atoms with Gasteiger partial charge in [-0.3, -0.25) is 19.3 Å². The lowest BCUT2D eigenvalue weighted by atomic mass is 10.0. The van der Waals surface area contributed by atoms with E-state index in [0.29, 0.717) is 41.3 Å². The molecule has 1 saturated heterocycles. The van der Waals surface area contributed by atoms with Gasteiger partial charge < -0.3 is 19.3 Å². The van der Waals surface area contributed by atoms with Gasteiger partial charge in [-0.25, -0.2) is 0 Å². The molecule has 0 N–H and O–H groups in total. The number of ether oxygens (including phenoxy) is 2. The molecule has 3 amide bonds. The Labute approximate surface area is 205 Å². The topological polar surface area (TPSA) is 79.4 Å². The number of carbonyl (C=O) groups is 3. The van der Waals surface area contributed by atoms with E-state index in [2.05, 4.69) is 0 Å². The fraction of sp³-hybridized carbons (Fsp3) is 0.444. The van der Waals surface area contributed by atoms with Crippen molar-refractivity contribution in [2.45, 2.75) is 44.7 Å². The lowest BCUT2D eigenvalue weighted by Gasteiger charge is -2.41. The first-order valence-corrected chi connectivity index (χ1v) is 12.3. The minimum absolute atomic E-state index is 0.0922. The first-order chi connectivity index (χ1) is 17.1. The molecule has 2 aromatic carbocycles. The van der Waals surface area contributed by atoms with E-state index in [1.165, 1.54) is 14.2 Å². The third-order valence-electron chi connectivity index (χ3n) is 7.23. The number of hydrogen-bond donors (Lipinski definition) is 0. The third kappa shape index (κ3) is 3.90. The summed E-state index contributed by atoms with van der Waals surface area (Å²) in [7, 11) is 3.06. The SMILES string of the molecule is COc1ccc2c(c1OC)C(=O)N1c3ccccc3C(=O)N(CCCCCC(=O)N3CCCC3)C21. The van der Waals surface area contributed by atoms with Crippen LogP contribution in [0, 0.1) is 0 Å². The fourth-order valence-electron chi connectivity index (χ4n) is 5.51. The Kier molecular flexibility index (Phi) is 6.36. The molecule has 0 spiro atoms. The van der Waals surface area contributed by atoms with Crippen molar-refractivity contribution in [3.63, 3.8) is 0 Å². The van der Waals surface area contributed by atoms with Crippen LogP contribution in [-0.2, 0) is 4.79 Å². The monoisotopic (exact) mass is 477 g/mol. The first kappa shape index (κ1) is 23.2. The van der Waals surface area contributed by atoms with Gasteiger partial charge in [0.2, 0.25) is 5.91 Å². The molecular formula is C27H31N3O5. The van der Waals surface area contributed by atoms with Crippen LogP contribution in [0.5, 0.6) is 11.5 Å². The van der Waals surface area contributed by atoms with Crippen LogP contribution in [0.3, 0.4) is 0 Å². The zero-order chi connectivity index (χ0) is 24.5. The summed E-state index contributed by atoms with van der Waals surface area (Å²) >= 11 is 0. The Morgan fingerprint density at radius 3 is 2.46 bits per heavy atom. The summed E-state index contributed by atoms with van der Waals surface area (Å²) in [5.74, 6) is 0.795. The molecule has 0 aliphatic carbocycles. The second kappa shape index (κ2) is 9.60. The molecule has 8 nitrogen and oxygen atoms in total. The number of benzene rings is 2. The Morgan fingerprint density at radius 1 is 0.943 bits per heavy atom. The number of methoxy groups -OCH3 is 2. The molecule has 5 rings (SSSR count). The number of hydrogen-bond acceptors (Lipinski definition) is 5. The molecule has 0 aromatic heterocycles. The molecule has 0 radical (unpaired) electrons. The summed E-state index contributed by atoms with van der Waals surface area (Å²) < 4.78 is 11.0. The van der Waals surface area contributed by atoms with Gasteiger partial charge >= 0.3 is 0 Å². The van der Waals surface area contributed by atoms with E-state index >= 15 is 0 Å². The molecule has 0 bridgehead atoms. The minimum atomic E-state index is -0.536. The number of nitrogens with zero attached hydrogens (tertiary/aromatic N) is 3. The van der Waals surface area contributed by atoms with E-state index < -0.39 is 6.17 Å². The number of para-hydroxylation sites is 1. The standard InChI is InChI=1S/C27H31N3O5/c1-34-21-14-13-19-23(24(21)35-2)27(33)30-20-11-6-5-10-18(20)26(32)29(25(19)30)17-7-3-4-12-22(31)28-15-8-9-16-28/h5-6,10-11,13-14,25H,3-4,7-9,12,15-17H2,1-2H3. The van der Waals surface area contributed by atoms with Crippen LogP contribution in [0.2, 0.25) is 0 Å². The average Bonchev–Trinajstić information content (AvgIpc) is 3.52. The molecule has 1 atom stereocenters. The van der Waals surface area contributed by atoms with Crippen LogP contribution in [-0.4, -0.2) is 61.4 Å². The number of anilines is 1. The van der Waals surface area contributed by atoms with Gasteiger partial charge in [0.15, 0.2) is 11.5 Å². The molecule has 3 heterocycles. The van der Waals surface area contributed by atoms with Gasteiger partial charge in [0.1, 0.15) is 6.17 Å². The maximum absolute atomic E-state index is 13.7. The van der Waals surface area contributed by atoms with Gasteiger partial charge in [-0.05, 0) is 43.9 Å². The highest BCUT2D eigenvalue weighted by Gasteiger charge is 2.49. The smallest absolute Gasteiger partial charge is 0.264 e. The van der Waals surface area contributed by atoms with E-state index in [-0.39, 0.29) is 17.7 Å². The molecule has 3 aliphatic heterocycles. The highest BCUT2D eigenvalue weighted by atomic mass is 16.5. The highest BCUT2D eigenvalue weighted by Crippen LogP contribution is 2.49. The summed E-state index contributed by atoms with van der Waals surface area (Å²) in [5.41, 5.74) is 2.29. The summed E-state index contributed by atoms with van der Waals surface area (Å²) in [6.45, 7) is 2.24. The molecule has 1 fully saturated rings. The molecule has 35 heavy (non-hydrogen) atoms. The number of likely N-dealkylation sites (tertiary alicyclic amines) is 1. The Bertz CT molecular complexity index is 1160. The van der Waals surface area contributed by atoms with Crippen molar-refractivity contribution in [3.8, 4) is 11.5 Å². The van der Waals surface area contributed by atoms with Gasteiger partial charge in [0.25, 0.3) is 11.8 Å². The van der Waals surface area contributed by atoms with Crippen molar-refractivity contribution in [1.29, 1.82) is 0 Å². The van der Waals surface area contributed by atoms with E-state index in [4.69, 9.17) is 9.47 Å². The molecule has 1 unspecified atom stereocenters. The average molecular weight is 478 g/mol. The van der Waals surface area contributed by atoms with E-state index in [1.54, 1.807) is 21.9 Å². The number of amides is 3. The van der Waals surface area contributed by atoms with Crippen molar-refractivity contribution < 1.29 is 23.9 Å². The van der Waals surface area contributed by atoms with Crippen LogP contribution in [0.1, 0.15) is 71.0 Å². The number of unbranched alkanes of at least 4 members (excludes halogenated alkanes) is 2. The second-order valence-electron chi connectivity index (χ2n) is 9.23. The zero-order valence-corrected chi connectivity index (χ0v) is 20.3. The van der Waals surface area contributed by atoms with Crippen LogP contribution in [0.4, 0.5) is 5.69 Å². The highest BCUT2D eigenvalue weighted by molar-refractivity contribution is 6.18. The molecular weight excluding hydrogens is 446 g/mol. The van der Waals surface area contributed by atoms with Gasteiger partial charge in [-0.15, -0.1) is 0 Å². The van der Waals surface area contributed by atoms with Crippen LogP contribution < -0.4 is 14.4 Å². The predicted octanol–water partition coefficient (Wildman–Crippen LogP) is 4.00. The lowest BCUT2D eigenvalue weighted by molar-refractivity contribution is -0.130. The Morgan fingerprint density at radius 2 is 1.71 bits per heavy atom. The summed E-state index contributed by atoms with van der Waals surface area (Å²) in [6.07, 6.45) is 4.59. The molecule has 8 heteroatoms. The number of carbonyl (C=O) groups excluding carboxylic acids is 3. The summed E-state index contributed by atoms with van der Waals surface area (Å²) in [4.78, 5) is 45.0. The van der Waals surface area contributed by atoms with Crippen molar-refractivity contribution in [2.75, 3.05) is 38.8 Å². The van der Waals surface area contributed by atoms with E-state index in [9.17, 15) is 14.4 Å². The predicted molar refractivity (Wildman–Crippen MR) is 131 cm³/mol. The summed E-state index contributed by atoms with van der Waals surface area (Å²) in [6, 6.07) is 10.9. The molecule has 2 aromatic rings. The number of fused-ring (bicyclic) bond motifs is 5. The van der Waals surface area contributed by atoms with E-state index in [1.807, 2.05) is 29.2 Å². The van der Waals surface area contributed by atoms with Crippen LogP contribution in [0.15, 0.2) is 36.4 Å². The summed E-state index contributed by atoms with van der Waals surface area (Å²) in [5, 5.41) is 0. The van der Waals surface area contributed by atoms with Crippen LogP contribution >= 0.6 is 0 Å². The van der Waals surface area contributed by atoms with Gasteiger partial charge in [0, 0.05) is 31.6 Å². The maximum atomic E-state index is 13.7. The van der Waals surface area contributed by atoms with Crippen molar-refractivity contribution in [2.24, 2.45) is 0 Å². The van der Waals surface area contributed by atoms with Crippen molar-refractivity contribution >= 4 is 23.4 Å². The second-order valence-corrected chi connectivity index (χ2v) is 9.23. The zero-order valence-electron chi connectivity index (χ0n) is 20.3. The Hall–Kier alpha value is -3.55. The number of rotatable bonds is 8. The van der Waals surface area contributed by atoms with Gasteiger partial charge in [-0.2, -0.15) is 0 Å². The normalized spacial score (nSPS) is 18.5. The van der Waals surface area contributed by atoms with Gasteiger partial charge in [-0.1, -0.05) is 24.6 Å². The van der Waals surface area contributed by atoms with Crippen molar-refractivity contribution in [3.05, 3.63) is 53.1 Å². The lowest BCUT2D eigenvalue weighted by Crippen LogP contribution is -2.48. The van der Waals surface area contributed by atoms with Crippen molar-refractivity contribution in [1.82, 2.24) is 9.80 Å². The third-order valence-corrected chi connectivity index (χ3v) is 7.23. The Balaban J connectivity index is 1.38. The van der Waals surface area contributed by atoms with E-state index in [0.717, 1.165) is 50.8 Å². The molecule has 0 saturated carbocycles. The first-order valence-electron chi connectivity index (χ1n) is 12.3. The van der Waals surface area contributed by atoms with Gasteiger partial charge in [0.05, 0.1) is 31.0 Å². The molecule has 184 valence electrons. The maximum Gasteiger partial charge on any atom is 0.264 e.